The number of aliphatic hydroxyl groups excluding tert-OH is 1. The summed E-state index contributed by atoms with van der Waals surface area (Å²) in [7, 11) is 1.61. The molecule has 2 amide bonds. The molecular weight excluding hydrogens is 310 g/mol. The Morgan fingerprint density at radius 3 is 2.96 bits per heavy atom. The number of rotatable bonds is 4. The Bertz CT molecular complexity index is 704. The number of aryl methyl sites for hydroxylation is 1. The number of nitrogens with zero attached hydrogens (tertiary/aromatic N) is 4. The number of carbonyl (C=O) groups is 1. The fourth-order valence-corrected chi connectivity index (χ4v) is 2.91. The van der Waals surface area contributed by atoms with Crippen LogP contribution in [0.4, 0.5) is 10.5 Å². The lowest BCUT2D eigenvalue weighted by Crippen LogP contribution is -2.33. The number of nitrogens with one attached hydrogen (secondary N) is 1. The van der Waals surface area contributed by atoms with Crippen molar-refractivity contribution in [3.63, 3.8) is 0 Å². The average Bonchev–Trinajstić information content (AvgIpc) is 3.23. The highest BCUT2D eigenvalue weighted by atomic mass is 16.5. The maximum atomic E-state index is 12.4. The largest absolute Gasteiger partial charge is 0.496 e. The number of hydrogen-bond acceptors (Lipinski definition) is 5. The maximum Gasteiger partial charge on any atom is 0.322 e. The van der Waals surface area contributed by atoms with Gasteiger partial charge in [0.25, 0.3) is 0 Å². The number of amides is 2. The second kappa shape index (κ2) is 6.88. The first kappa shape index (κ1) is 16.3. The topological polar surface area (TPSA) is 92.5 Å². The second-order valence-electron chi connectivity index (χ2n) is 5.73. The zero-order valence-corrected chi connectivity index (χ0v) is 13.7. The molecule has 1 aromatic carbocycles. The predicted octanol–water partition coefficient (Wildman–Crippen LogP) is 1.30. The van der Waals surface area contributed by atoms with Gasteiger partial charge >= 0.3 is 6.03 Å². The number of likely N-dealkylation sites (tertiary alicyclic amines) is 1. The summed E-state index contributed by atoms with van der Waals surface area (Å²) in [5.74, 6) is 0.747. The van der Waals surface area contributed by atoms with Crippen LogP contribution in [0.5, 0.6) is 5.75 Å². The number of urea groups is 1. The fourth-order valence-electron chi connectivity index (χ4n) is 2.91. The summed E-state index contributed by atoms with van der Waals surface area (Å²) in [5.41, 5.74) is 1.74. The van der Waals surface area contributed by atoms with Gasteiger partial charge in [0.15, 0.2) is 0 Å². The van der Waals surface area contributed by atoms with E-state index in [1.54, 1.807) is 35.2 Å². The van der Waals surface area contributed by atoms with Gasteiger partial charge in [-0.25, -0.2) is 9.48 Å². The standard InChI is InChI=1S/C16H21N5O3/c1-3-11-4-5-12(8-15(11)24-2)18-16(23)20-9-13(14(22)10-20)21-7-6-17-19-21/h4-8,13-14,22H,3,9-10H2,1-2H3,(H,18,23)/t13-,14-/m1/s1. The molecule has 0 saturated carbocycles. The normalized spacial score (nSPS) is 20.2. The molecule has 1 fully saturated rings. The minimum Gasteiger partial charge on any atom is -0.496 e. The lowest BCUT2D eigenvalue weighted by molar-refractivity contribution is 0.139. The van der Waals surface area contributed by atoms with Crippen molar-refractivity contribution >= 4 is 11.7 Å². The van der Waals surface area contributed by atoms with Crippen molar-refractivity contribution in [2.75, 3.05) is 25.5 Å². The molecule has 2 atom stereocenters. The number of ether oxygens (including phenoxy) is 1. The molecule has 0 spiro atoms. The number of carbonyl (C=O) groups excluding carboxylic acids is 1. The van der Waals surface area contributed by atoms with Gasteiger partial charge in [-0.1, -0.05) is 18.2 Å². The van der Waals surface area contributed by atoms with Crippen molar-refractivity contribution in [2.24, 2.45) is 0 Å². The van der Waals surface area contributed by atoms with Gasteiger partial charge in [0, 0.05) is 24.5 Å². The van der Waals surface area contributed by atoms with Crippen molar-refractivity contribution in [2.45, 2.75) is 25.5 Å². The zero-order valence-electron chi connectivity index (χ0n) is 13.7. The number of anilines is 1. The predicted molar refractivity (Wildman–Crippen MR) is 88.0 cm³/mol. The molecule has 1 aromatic heterocycles. The number of hydrogen-bond donors (Lipinski definition) is 2. The van der Waals surface area contributed by atoms with Gasteiger partial charge in [0.05, 0.1) is 32.0 Å². The molecule has 0 unspecified atom stereocenters. The molecule has 1 aliphatic heterocycles. The molecule has 0 bridgehead atoms. The van der Waals surface area contributed by atoms with Crippen LogP contribution in [-0.4, -0.2) is 57.3 Å². The maximum absolute atomic E-state index is 12.4. The van der Waals surface area contributed by atoms with Crippen molar-refractivity contribution in [3.8, 4) is 5.75 Å². The number of aliphatic hydroxyl groups is 1. The number of β-amino-alcohol motifs (C(OH)–C–C–N with tert-alkyl or cyclic N) is 1. The molecule has 2 N–H and O–H groups in total. The molecular formula is C16H21N5O3. The number of benzene rings is 1. The summed E-state index contributed by atoms with van der Waals surface area (Å²) >= 11 is 0. The van der Waals surface area contributed by atoms with E-state index >= 15 is 0 Å². The number of methoxy groups -OCH3 is 1. The van der Waals surface area contributed by atoms with Crippen molar-refractivity contribution in [3.05, 3.63) is 36.2 Å². The van der Waals surface area contributed by atoms with E-state index in [9.17, 15) is 9.90 Å². The van der Waals surface area contributed by atoms with E-state index in [4.69, 9.17) is 4.74 Å². The third-order valence-electron chi connectivity index (χ3n) is 4.25. The SMILES string of the molecule is CCc1ccc(NC(=O)N2C[C@@H](O)[C@H](n3ccnn3)C2)cc1OC. The molecule has 1 aliphatic rings. The highest BCUT2D eigenvalue weighted by Gasteiger charge is 2.35. The van der Waals surface area contributed by atoms with E-state index < -0.39 is 6.10 Å². The second-order valence-corrected chi connectivity index (χ2v) is 5.73. The summed E-state index contributed by atoms with van der Waals surface area (Å²) in [6, 6.07) is 5.04. The highest BCUT2D eigenvalue weighted by Crippen LogP contribution is 2.25. The third kappa shape index (κ3) is 3.18. The zero-order chi connectivity index (χ0) is 17.1. The Morgan fingerprint density at radius 1 is 1.46 bits per heavy atom. The Hall–Kier alpha value is -2.61. The lowest BCUT2D eigenvalue weighted by atomic mass is 10.1. The van der Waals surface area contributed by atoms with Gasteiger partial charge in [-0.3, -0.25) is 0 Å². The Labute approximate surface area is 140 Å². The first-order valence-electron chi connectivity index (χ1n) is 7.89. The minimum atomic E-state index is -0.672. The van der Waals surface area contributed by atoms with Gasteiger partial charge in [-0.15, -0.1) is 5.10 Å². The third-order valence-corrected chi connectivity index (χ3v) is 4.25. The summed E-state index contributed by atoms with van der Waals surface area (Å²) in [6.07, 6.45) is 3.42. The minimum absolute atomic E-state index is 0.251. The Morgan fingerprint density at radius 2 is 2.29 bits per heavy atom. The Balaban J connectivity index is 1.67. The highest BCUT2D eigenvalue weighted by molar-refractivity contribution is 5.89. The van der Waals surface area contributed by atoms with Gasteiger partial charge in [-0.2, -0.15) is 0 Å². The first-order chi connectivity index (χ1) is 11.6. The fraction of sp³-hybridized carbons (Fsp3) is 0.438. The molecule has 8 nitrogen and oxygen atoms in total. The summed E-state index contributed by atoms with van der Waals surface area (Å²) in [5, 5.41) is 20.7. The Kier molecular flexibility index (Phi) is 4.66. The molecule has 1 saturated heterocycles. The summed E-state index contributed by atoms with van der Waals surface area (Å²) in [4.78, 5) is 14.0. The lowest BCUT2D eigenvalue weighted by Gasteiger charge is -2.17. The quantitative estimate of drug-likeness (QED) is 0.881. The van der Waals surface area contributed by atoms with E-state index in [1.165, 1.54) is 0 Å². The van der Waals surface area contributed by atoms with Crippen molar-refractivity contribution < 1.29 is 14.6 Å². The molecule has 3 rings (SSSR count). The van der Waals surface area contributed by atoms with Crippen LogP contribution in [0.2, 0.25) is 0 Å². The molecule has 0 radical (unpaired) electrons. The van der Waals surface area contributed by atoms with E-state index in [1.807, 2.05) is 19.1 Å². The van der Waals surface area contributed by atoms with Crippen LogP contribution in [0.1, 0.15) is 18.5 Å². The van der Waals surface area contributed by atoms with Gasteiger partial charge in [0.1, 0.15) is 5.75 Å². The number of aromatic nitrogens is 3. The monoisotopic (exact) mass is 331 g/mol. The van der Waals surface area contributed by atoms with Crippen LogP contribution < -0.4 is 10.1 Å². The molecule has 128 valence electrons. The van der Waals surface area contributed by atoms with Crippen LogP contribution in [0.15, 0.2) is 30.6 Å². The molecule has 2 aromatic rings. The van der Waals surface area contributed by atoms with Crippen molar-refractivity contribution in [1.29, 1.82) is 0 Å². The van der Waals surface area contributed by atoms with Crippen LogP contribution >= 0.6 is 0 Å². The van der Waals surface area contributed by atoms with Crippen LogP contribution in [0, 0.1) is 0 Å². The first-order valence-corrected chi connectivity index (χ1v) is 7.89. The molecule has 0 aliphatic carbocycles. The average molecular weight is 331 g/mol. The summed E-state index contributed by atoms with van der Waals surface area (Å²) in [6.45, 7) is 2.67. The van der Waals surface area contributed by atoms with Gasteiger partial charge < -0.3 is 20.1 Å². The van der Waals surface area contributed by atoms with Crippen molar-refractivity contribution in [1.82, 2.24) is 19.9 Å². The van der Waals surface area contributed by atoms with E-state index in [-0.39, 0.29) is 18.6 Å². The van der Waals surface area contributed by atoms with E-state index in [0.717, 1.165) is 17.7 Å². The molecule has 24 heavy (non-hydrogen) atoms. The van der Waals surface area contributed by atoms with E-state index in [0.29, 0.717) is 12.2 Å². The van der Waals surface area contributed by atoms with Crippen LogP contribution in [0.25, 0.3) is 0 Å². The van der Waals surface area contributed by atoms with Gasteiger partial charge in [0.2, 0.25) is 0 Å². The molecule has 8 heteroatoms. The summed E-state index contributed by atoms with van der Waals surface area (Å²) < 4.78 is 6.92. The molecule has 2 heterocycles. The van der Waals surface area contributed by atoms with E-state index in [2.05, 4.69) is 15.6 Å². The van der Waals surface area contributed by atoms with Crippen LogP contribution in [-0.2, 0) is 6.42 Å². The smallest absolute Gasteiger partial charge is 0.322 e. The van der Waals surface area contributed by atoms with Gasteiger partial charge in [-0.05, 0) is 18.1 Å². The van der Waals surface area contributed by atoms with Crippen LogP contribution in [0.3, 0.4) is 0 Å².